The van der Waals surface area contributed by atoms with Gasteiger partial charge in [0.2, 0.25) is 0 Å². The molecule has 0 saturated carbocycles. The van der Waals surface area contributed by atoms with Gasteiger partial charge in [0.05, 0.1) is 0 Å². The largest absolute Gasteiger partial charge is 0.478 e. The summed E-state index contributed by atoms with van der Waals surface area (Å²) in [4.78, 5) is 11.8. The van der Waals surface area contributed by atoms with Crippen LogP contribution in [0.2, 0.25) is 0 Å². The van der Waals surface area contributed by atoms with Gasteiger partial charge in [0.25, 0.3) is 0 Å². The van der Waals surface area contributed by atoms with Crippen LogP contribution in [0.5, 0.6) is 0 Å². The normalized spacial score (nSPS) is 11.3. The molecule has 0 bridgehead atoms. The minimum Gasteiger partial charge on any atom is -0.478 e. The van der Waals surface area contributed by atoms with Gasteiger partial charge in [-0.25, -0.2) is 9.18 Å². The first kappa shape index (κ1) is 14.5. The highest BCUT2D eigenvalue weighted by Gasteiger charge is 2.07. The number of fused-ring (bicyclic) bond motifs is 1. The van der Waals surface area contributed by atoms with Gasteiger partial charge in [-0.2, -0.15) is 0 Å². The zero-order chi connectivity index (χ0) is 15.5. The first-order chi connectivity index (χ1) is 10.6. The molecule has 0 radical (unpaired) electrons. The molecule has 110 valence electrons. The molecule has 0 amide bonds. The second-order valence-corrected chi connectivity index (χ2v) is 6.11. The van der Waals surface area contributed by atoms with Crippen LogP contribution in [-0.4, -0.2) is 11.1 Å². The maximum Gasteiger partial charge on any atom is 0.328 e. The molecule has 3 rings (SSSR count). The molecule has 0 aliphatic rings. The van der Waals surface area contributed by atoms with Crippen molar-refractivity contribution in [2.24, 2.45) is 0 Å². The number of carboxylic acids is 1. The lowest BCUT2D eigenvalue weighted by Crippen LogP contribution is -1.92. The molecule has 4 heteroatoms. The molecule has 0 atom stereocenters. The average Bonchev–Trinajstić information content (AvgIpc) is 2.89. The summed E-state index contributed by atoms with van der Waals surface area (Å²) in [6.45, 7) is 0. The molecular formula is C18H13FO2S. The zero-order valence-electron chi connectivity index (χ0n) is 11.6. The van der Waals surface area contributed by atoms with E-state index >= 15 is 0 Å². The number of hydrogen-bond donors (Lipinski definition) is 1. The van der Waals surface area contributed by atoms with E-state index in [2.05, 4.69) is 18.2 Å². The van der Waals surface area contributed by atoms with Crippen LogP contribution in [0.15, 0.2) is 54.6 Å². The Morgan fingerprint density at radius 3 is 2.77 bits per heavy atom. The van der Waals surface area contributed by atoms with Gasteiger partial charge >= 0.3 is 5.97 Å². The maximum atomic E-state index is 13.4. The molecule has 1 aromatic heterocycles. The van der Waals surface area contributed by atoms with Crippen molar-refractivity contribution in [2.75, 3.05) is 0 Å². The first-order valence-corrected chi connectivity index (χ1v) is 7.60. The number of aliphatic carboxylic acids is 1. The van der Waals surface area contributed by atoms with E-state index in [0.29, 0.717) is 12.0 Å². The number of carboxylic acid groups (broad SMARTS) is 1. The maximum absolute atomic E-state index is 13.4. The van der Waals surface area contributed by atoms with Crippen molar-refractivity contribution in [3.8, 4) is 0 Å². The molecule has 0 fully saturated rings. The van der Waals surface area contributed by atoms with E-state index in [4.69, 9.17) is 5.11 Å². The summed E-state index contributed by atoms with van der Waals surface area (Å²) in [5, 5.41) is 9.93. The third kappa shape index (κ3) is 3.23. The summed E-state index contributed by atoms with van der Waals surface area (Å²) in [5.74, 6) is -1.41. The molecular weight excluding hydrogens is 299 g/mol. The Balaban J connectivity index is 1.95. The van der Waals surface area contributed by atoms with Crippen LogP contribution < -0.4 is 0 Å². The number of benzene rings is 2. The number of thiophene rings is 1. The van der Waals surface area contributed by atoms with Crippen molar-refractivity contribution < 1.29 is 14.3 Å². The van der Waals surface area contributed by atoms with Crippen LogP contribution in [0.1, 0.15) is 16.0 Å². The van der Waals surface area contributed by atoms with Crippen LogP contribution in [0.4, 0.5) is 4.39 Å². The molecule has 3 aromatic rings. The lowest BCUT2D eigenvalue weighted by atomic mass is 10.0. The van der Waals surface area contributed by atoms with E-state index in [0.717, 1.165) is 16.5 Å². The molecule has 0 unspecified atom stereocenters. The molecule has 0 aliphatic heterocycles. The lowest BCUT2D eigenvalue weighted by Gasteiger charge is -2.05. The van der Waals surface area contributed by atoms with Gasteiger partial charge in [-0.1, -0.05) is 24.3 Å². The summed E-state index contributed by atoms with van der Waals surface area (Å²) < 4.78 is 14.6. The van der Waals surface area contributed by atoms with Crippen molar-refractivity contribution in [3.05, 3.63) is 76.4 Å². The SMILES string of the molecule is O=C(O)C=Cc1cc(F)ccc1Cc1cc2ccccc2s1. The average molecular weight is 312 g/mol. The van der Waals surface area contributed by atoms with Crippen LogP contribution >= 0.6 is 11.3 Å². The third-order valence-electron chi connectivity index (χ3n) is 3.35. The molecule has 1 N–H and O–H groups in total. The van der Waals surface area contributed by atoms with Crippen LogP contribution in [0.25, 0.3) is 16.2 Å². The Morgan fingerprint density at radius 2 is 2.00 bits per heavy atom. The minimum atomic E-state index is -1.04. The number of hydrogen-bond acceptors (Lipinski definition) is 2. The van der Waals surface area contributed by atoms with Crippen molar-refractivity contribution in [3.63, 3.8) is 0 Å². The Kier molecular flexibility index (Phi) is 4.02. The van der Waals surface area contributed by atoms with Gasteiger partial charge in [-0.3, -0.25) is 0 Å². The summed E-state index contributed by atoms with van der Waals surface area (Å²) in [5.41, 5.74) is 1.50. The molecule has 0 saturated heterocycles. The fourth-order valence-electron chi connectivity index (χ4n) is 2.35. The minimum absolute atomic E-state index is 0.370. The highest BCUT2D eigenvalue weighted by molar-refractivity contribution is 7.19. The fourth-order valence-corrected chi connectivity index (χ4v) is 3.44. The summed E-state index contributed by atoms with van der Waals surface area (Å²) in [7, 11) is 0. The van der Waals surface area contributed by atoms with Crippen LogP contribution in [0.3, 0.4) is 0 Å². The molecule has 2 aromatic carbocycles. The van der Waals surface area contributed by atoms with Gasteiger partial charge in [0.1, 0.15) is 5.82 Å². The molecule has 2 nitrogen and oxygen atoms in total. The smallest absolute Gasteiger partial charge is 0.328 e. The Morgan fingerprint density at radius 1 is 1.18 bits per heavy atom. The fraction of sp³-hybridized carbons (Fsp3) is 0.0556. The molecule has 0 spiro atoms. The molecule has 0 aliphatic carbocycles. The summed E-state index contributed by atoms with van der Waals surface area (Å²) >= 11 is 1.70. The van der Waals surface area contributed by atoms with Gasteiger partial charge in [0, 0.05) is 22.1 Å². The van der Waals surface area contributed by atoms with Gasteiger partial charge in [-0.05, 0) is 46.9 Å². The lowest BCUT2D eigenvalue weighted by molar-refractivity contribution is -0.131. The van der Waals surface area contributed by atoms with E-state index in [9.17, 15) is 9.18 Å². The topological polar surface area (TPSA) is 37.3 Å². The standard InChI is InChI=1S/C18H13FO2S/c19-15-7-5-13(12(9-15)6-8-18(20)21)10-16-11-14-3-1-2-4-17(14)22-16/h1-9,11H,10H2,(H,20,21). The Hall–Kier alpha value is -2.46. The first-order valence-electron chi connectivity index (χ1n) is 6.79. The van der Waals surface area contributed by atoms with E-state index in [1.807, 2.05) is 12.1 Å². The van der Waals surface area contributed by atoms with E-state index in [1.165, 1.54) is 28.3 Å². The van der Waals surface area contributed by atoms with Crippen LogP contribution in [0, 0.1) is 5.82 Å². The van der Waals surface area contributed by atoms with Gasteiger partial charge in [0.15, 0.2) is 0 Å². The van der Waals surface area contributed by atoms with Gasteiger partial charge in [-0.15, -0.1) is 11.3 Å². The van der Waals surface area contributed by atoms with Crippen LogP contribution in [-0.2, 0) is 11.2 Å². The highest BCUT2D eigenvalue weighted by atomic mass is 32.1. The molecule has 22 heavy (non-hydrogen) atoms. The van der Waals surface area contributed by atoms with Gasteiger partial charge < -0.3 is 5.11 Å². The quantitative estimate of drug-likeness (QED) is 0.707. The Bertz CT molecular complexity index is 831. The van der Waals surface area contributed by atoms with Crippen molar-refractivity contribution in [1.82, 2.24) is 0 Å². The number of halogens is 1. The third-order valence-corrected chi connectivity index (χ3v) is 4.47. The predicted octanol–water partition coefficient (Wildman–Crippen LogP) is 4.73. The van der Waals surface area contributed by atoms with Crippen molar-refractivity contribution in [1.29, 1.82) is 0 Å². The monoisotopic (exact) mass is 312 g/mol. The van der Waals surface area contributed by atoms with E-state index in [1.54, 1.807) is 17.4 Å². The van der Waals surface area contributed by atoms with E-state index < -0.39 is 5.97 Å². The summed E-state index contributed by atoms with van der Waals surface area (Å²) in [6.07, 6.45) is 3.12. The molecule has 1 heterocycles. The second kappa shape index (κ2) is 6.12. The predicted molar refractivity (Wildman–Crippen MR) is 87.7 cm³/mol. The summed E-state index contributed by atoms with van der Waals surface area (Å²) in [6, 6.07) is 14.7. The Labute approximate surface area is 131 Å². The highest BCUT2D eigenvalue weighted by Crippen LogP contribution is 2.28. The van der Waals surface area contributed by atoms with Crippen molar-refractivity contribution in [2.45, 2.75) is 6.42 Å². The number of rotatable bonds is 4. The van der Waals surface area contributed by atoms with Crippen molar-refractivity contribution >= 4 is 33.5 Å². The second-order valence-electron chi connectivity index (χ2n) is 4.94. The van der Waals surface area contributed by atoms with E-state index in [-0.39, 0.29) is 5.82 Å². The zero-order valence-corrected chi connectivity index (χ0v) is 12.4. The number of carbonyl (C=O) groups is 1.